The molecule has 4 heteroatoms. The van der Waals surface area contributed by atoms with Gasteiger partial charge in [0.15, 0.2) is 0 Å². The van der Waals surface area contributed by atoms with E-state index in [-0.39, 0.29) is 12.1 Å². The highest BCUT2D eigenvalue weighted by Gasteiger charge is 2.18. The molecule has 0 spiro atoms. The highest BCUT2D eigenvalue weighted by Crippen LogP contribution is 2.29. The highest BCUT2D eigenvalue weighted by atomic mass is 16.5. The SMILES string of the molecule is CCOC(=O)c1ccc(N)c(OC2CCCC2)c1. The molecule has 4 nitrogen and oxygen atoms in total. The highest BCUT2D eigenvalue weighted by molar-refractivity contribution is 5.90. The Bertz CT molecular complexity index is 425. The second kappa shape index (κ2) is 5.76. The summed E-state index contributed by atoms with van der Waals surface area (Å²) in [5.74, 6) is 0.251. The minimum atomic E-state index is -0.339. The van der Waals surface area contributed by atoms with E-state index in [4.69, 9.17) is 15.2 Å². The van der Waals surface area contributed by atoms with Gasteiger partial charge >= 0.3 is 5.97 Å². The molecule has 0 bridgehead atoms. The second-order valence-electron chi connectivity index (χ2n) is 4.50. The van der Waals surface area contributed by atoms with Crippen molar-refractivity contribution in [3.05, 3.63) is 23.8 Å². The molecule has 18 heavy (non-hydrogen) atoms. The van der Waals surface area contributed by atoms with Crippen LogP contribution in [-0.4, -0.2) is 18.7 Å². The summed E-state index contributed by atoms with van der Waals surface area (Å²) in [5.41, 5.74) is 6.91. The van der Waals surface area contributed by atoms with Gasteiger partial charge in [0.05, 0.1) is 24.0 Å². The fourth-order valence-corrected chi connectivity index (χ4v) is 2.16. The molecular weight excluding hydrogens is 230 g/mol. The normalized spacial score (nSPS) is 15.6. The van der Waals surface area contributed by atoms with Crippen LogP contribution < -0.4 is 10.5 Å². The van der Waals surface area contributed by atoms with Gasteiger partial charge in [-0.15, -0.1) is 0 Å². The summed E-state index contributed by atoms with van der Waals surface area (Å²) in [7, 11) is 0. The molecule has 0 saturated heterocycles. The number of nitrogens with two attached hydrogens (primary N) is 1. The first-order valence-corrected chi connectivity index (χ1v) is 6.44. The Morgan fingerprint density at radius 3 is 2.78 bits per heavy atom. The van der Waals surface area contributed by atoms with Gasteiger partial charge in [0.2, 0.25) is 0 Å². The van der Waals surface area contributed by atoms with Crippen LogP contribution in [0.1, 0.15) is 43.0 Å². The minimum absolute atomic E-state index is 0.227. The van der Waals surface area contributed by atoms with Gasteiger partial charge in [-0.25, -0.2) is 4.79 Å². The third kappa shape index (κ3) is 2.94. The minimum Gasteiger partial charge on any atom is -0.488 e. The van der Waals surface area contributed by atoms with E-state index in [1.807, 2.05) is 0 Å². The summed E-state index contributed by atoms with van der Waals surface area (Å²) < 4.78 is 10.8. The number of carbonyl (C=O) groups excluding carboxylic acids is 1. The standard InChI is InChI=1S/C14H19NO3/c1-2-17-14(16)10-7-8-12(15)13(9-10)18-11-5-3-4-6-11/h7-9,11H,2-6,15H2,1H3. The Morgan fingerprint density at radius 2 is 2.11 bits per heavy atom. The Labute approximate surface area is 107 Å². The van der Waals surface area contributed by atoms with Gasteiger partial charge in [-0.05, 0) is 50.8 Å². The zero-order valence-corrected chi connectivity index (χ0v) is 10.6. The predicted molar refractivity (Wildman–Crippen MR) is 69.7 cm³/mol. The van der Waals surface area contributed by atoms with Gasteiger partial charge < -0.3 is 15.2 Å². The maximum atomic E-state index is 11.6. The molecule has 1 fully saturated rings. The van der Waals surface area contributed by atoms with Gasteiger partial charge in [-0.2, -0.15) is 0 Å². The van der Waals surface area contributed by atoms with Crippen LogP contribution in [0, 0.1) is 0 Å². The van der Waals surface area contributed by atoms with E-state index < -0.39 is 0 Å². The number of carbonyl (C=O) groups is 1. The molecule has 0 aliphatic heterocycles. The average Bonchev–Trinajstić information content (AvgIpc) is 2.85. The molecule has 0 atom stereocenters. The maximum absolute atomic E-state index is 11.6. The lowest BCUT2D eigenvalue weighted by atomic mass is 10.2. The lowest BCUT2D eigenvalue weighted by Gasteiger charge is -2.15. The van der Waals surface area contributed by atoms with Gasteiger partial charge in [-0.3, -0.25) is 0 Å². The van der Waals surface area contributed by atoms with E-state index in [1.165, 1.54) is 12.8 Å². The number of rotatable bonds is 4. The molecule has 1 aromatic carbocycles. The molecule has 1 aliphatic rings. The van der Waals surface area contributed by atoms with Crippen LogP contribution >= 0.6 is 0 Å². The van der Waals surface area contributed by atoms with Crippen molar-refractivity contribution in [1.82, 2.24) is 0 Å². The van der Waals surface area contributed by atoms with Crippen LogP contribution in [0.5, 0.6) is 5.75 Å². The zero-order chi connectivity index (χ0) is 13.0. The Kier molecular flexibility index (Phi) is 4.07. The predicted octanol–water partition coefficient (Wildman–Crippen LogP) is 2.77. The summed E-state index contributed by atoms with van der Waals surface area (Å²) >= 11 is 0. The summed E-state index contributed by atoms with van der Waals surface area (Å²) in [6.07, 6.45) is 4.74. The zero-order valence-electron chi connectivity index (χ0n) is 10.6. The average molecular weight is 249 g/mol. The summed E-state index contributed by atoms with van der Waals surface area (Å²) in [4.78, 5) is 11.6. The summed E-state index contributed by atoms with van der Waals surface area (Å²) in [5, 5.41) is 0. The molecule has 0 aromatic heterocycles. The Morgan fingerprint density at radius 1 is 1.39 bits per heavy atom. The van der Waals surface area contributed by atoms with Crippen molar-refractivity contribution in [1.29, 1.82) is 0 Å². The lowest BCUT2D eigenvalue weighted by molar-refractivity contribution is 0.0525. The number of ether oxygens (including phenoxy) is 2. The van der Waals surface area contributed by atoms with Crippen molar-refractivity contribution in [3.63, 3.8) is 0 Å². The number of benzene rings is 1. The van der Waals surface area contributed by atoms with E-state index in [0.717, 1.165) is 12.8 Å². The van der Waals surface area contributed by atoms with Crippen LogP contribution in [0.15, 0.2) is 18.2 Å². The van der Waals surface area contributed by atoms with Crippen molar-refractivity contribution in [3.8, 4) is 5.75 Å². The van der Waals surface area contributed by atoms with Gasteiger partial charge in [0.25, 0.3) is 0 Å². The summed E-state index contributed by atoms with van der Waals surface area (Å²) in [6, 6.07) is 5.02. The van der Waals surface area contributed by atoms with Crippen molar-refractivity contribution in [2.45, 2.75) is 38.7 Å². The van der Waals surface area contributed by atoms with Crippen molar-refractivity contribution in [2.75, 3.05) is 12.3 Å². The van der Waals surface area contributed by atoms with E-state index >= 15 is 0 Å². The quantitative estimate of drug-likeness (QED) is 0.658. The monoisotopic (exact) mass is 249 g/mol. The number of hydrogen-bond acceptors (Lipinski definition) is 4. The first kappa shape index (κ1) is 12.7. The number of hydrogen-bond donors (Lipinski definition) is 1. The molecule has 0 unspecified atom stereocenters. The smallest absolute Gasteiger partial charge is 0.338 e. The maximum Gasteiger partial charge on any atom is 0.338 e. The molecule has 0 radical (unpaired) electrons. The first-order valence-electron chi connectivity index (χ1n) is 6.44. The van der Waals surface area contributed by atoms with Crippen LogP contribution in [0.3, 0.4) is 0 Å². The lowest BCUT2D eigenvalue weighted by Crippen LogP contribution is -2.13. The number of esters is 1. The van der Waals surface area contributed by atoms with E-state index in [0.29, 0.717) is 23.6 Å². The van der Waals surface area contributed by atoms with Crippen LogP contribution in [-0.2, 0) is 4.74 Å². The molecule has 1 saturated carbocycles. The topological polar surface area (TPSA) is 61.5 Å². The van der Waals surface area contributed by atoms with E-state index in [9.17, 15) is 4.79 Å². The molecule has 0 heterocycles. The third-order valence-corrected chi connectivity index (χ3v) is 3.12. The third-order valence-electron chi connectivity index (χ3n) is 3.12. The van der Waals surface area contributed by atoms with Gasteiger partial charge in [0.1, 0.15) is 5.75 Å². The Hall–Kier alpha value is -1.71. The summed E-state index contributed by atoms with van der Waals surface area (Å²) in [6.45, 7) is 2.15. The molecule has 1 aromatic rings. The molecule has 1 aliphatic carbocycles. The largest absolute Gasteiger partial charge is 0.488 e. The van der Waals surface area contributed by atoms with Gasteiger partial charge in [0, 0.05) is 0 Å². The number of nitrogen functional groups attached to an aromatic ring is 1. The van der Waals surface area contributed by atoms with Crippen LogP contribution in [0.4, 0.5) is 5.69 Å². The van der Waals surface area contributed by atoms with Crippen molar-refractivity contribution >= 4 is 11.7 Å². The molecular formula is C14H19NO3. The molecule has 2 N–H and O–H groups in total. The van der Waals surface area contributed by atoms with Crippen molar-refractivity contribution < 1.29 is 14.3 Å². The van der Waals surface area contributed by atoms with Crippen LogP contribution in [0.2, 0.25) is 0 Å². The second-order valence-corrected chi connectivity index (χ2v) is 4.50. The number of anilines is 1. The fourth-order valence-electron chi connectivity index (χ4n) is 2.16. The Balaban J connectivity index is 2.12. The molecule has 0 amide bonds. The van der Waals surface area contributed by atoms with Gasteiger partial charge in [-0.1, -0.05) is 0 Å². The first-order chi connectivity index (χ1) is 8.70. The van der Waals surface area contributed by atoms with E-state index in [2.05, 4.69) is 0 Å². The van der Waals surface area contributed by atoms with Crippen molar-refractivity contribution in [2.24, 2.45) is 0 Å². The molecule has 2 rings (SSSR count). The fraction of sp³-hybridized carbons (Fsp3) is 0.500. The van der Waals surface area contributed by atoms with Crippen LogP contribution in [0.25, 0.3) is 0 Å². The molecule has 98 valence electrons. The van der Waals surface area contributed by atoms with E-state index in [1.54, 1.807) is 25.1 Å².